The number of Topliss-reactive ketones (excluding diaryl/α,β-unsaturated/α-hetero) is 1. The first-order valence-corrected chi connectivity index (χ1v) is 5.82. The van der Waals surface area contributed by atoms with Gasteiger partial charge >= 0.3 is 0 Å². The van der Waals surface area contributed by atoms with Crippen molar-refractivity contribution in [3.05, 3.63) is 60.1 Å². The highest BCUT2D eigenvalue weighted by molar-refractivity contribution is 6.03. The van der Waals surface area contributed by atoms with Crippen LogP contribution in [0.2, 0.25) is 0 Å². The fourth-order valence-corrected chi connectivity index (χ4v) is 2.40. The van der Waals surface area contributed by atoms with Crippen molar-refractivity contribution in [1.82, 2.24) is 0 Å². The number of benzene rings is 1. The first-order valence-electron chi connectivity index (χ1n) is 5.82. The minimum atomic E-state index is -0.931. The second kappa shape index (κ2) is 3.85. The van der Waals surface area contributed by atoms with Crippen molar-refractivity contribution in [1.29, 1.82) is 5.26 Å². The molecule has 1 saturated carbocycles. The molecule has 2 aromatic rings. The molecule has 88 valence electrons. The van der Waals surface area contributed by atoms with E-state index in [-0.39, 0.29) is 17.5 Å². The maximum absolute atomic E-state index is 12.3. The van der Waals surface area contributed by atoms with E-state index in [1.54, 1.807) is 12.1 Å². The zero-order chi connectivity index (χ0) is 12.6. The van der Waals surface area contributed by atoms with Crippen LogP contribution in [0.5, 0.6) is 0 Å². The fraction of sp³-hybridized carbons (Fsp3) is 0.200. The van der Waals surface area contributed by atoms with Gasteiger partial charge in [-0.05, 0) is 24.1 Å². The molecule has 0 radical (unpaired) electrons. The molecule has 1 heterocycles. The summed E-state index contributed by atoms with van der Waals surface area (Å²) in [5, 5.41) is 9.35. The van der Waals surface area contributed by atoms with Crippen LogP contribution in [0, 0.1) is 16.7 Å². The van der Waals surface area contributed by atoms with Crippen LogP contribution in [0.25, 0.3) is 0 Å². The predicted molar refractivity (Wildman–Crippen MR) is 64.9 cm³/mol. The third-order valence-electron chi connectivity index (χ3n) is 3.51. The van der Waals surface area contributed by atoms with Gasteiger partial charge in [-0.25, -0.2) is 0 Å². The largest absolute Gasteiger partial charge is 0.461 e. The van der Waals surface area contributed by atoms with E-state index in [0.717, 1.165) is 5.56 Å². The van der Waals surface area contributed by atoms with Crippen molar-refractivity contribution in [3.63, 3.8) is 0 Å². The van der Waals surface area contributed by atoms with E-state index in [9.17, 15) is 10.1 Å². The molecule has 3 nitrogen and oxygen atoms in total. The van der Waals surface area contributed by atoms with Gasteiger partial charge in [-0.2, -0.15) is 5.26 Å². The van der Waals surface area contributed by atoms with E-state index in [2.05, 4.69) is 6.07 Å². The molecule has 1 fully saturated rings. The smallest absolute Gasteiger partial charge is 0.218 e. The molecule has 0 bridgehead atoms. The Balaban J connectivity index is 1.92. The van der Waals surface area contributed by atoms with Gasteiger partial charge in [0.2, 0.25) is 5.78 Å². The Hall–Kier alpha value is -2.34. The predicted octanol–water partition coefficient (Wildman–Crippen LogP) is 3.16. The third kappa shape index (κ3) is 1.46. The molecule has 3 rings (SSSR count). The van der Waals surface area contributed by atoms with Gasteiger partial charge in [-0.1, -0.05) is 30.3 Å². The maximum atomic E-state index is 12.3. The van der Waals surface area contributed by atoms with Crippen LogP contribution in [0.3, 0.4) is 0 Å². The summed E-state index contributed by atoms with van der Waals surface area (Å²) >= 11 is 0. The minimum absolute atomic E-state index is 0.0127. The Labute approximate surface area is 105 Å². The van der Waals surface area contributed by atoms with Gasteiger partial charge in [0.05, 0.1) is 12.3 Å². The number of carbonyl (C=O) groups excluding carboxylic acids is 1. The van der Waals surface area contributed by atoms with Crippen LogP contribution in [-0.4, -0.2) is 5.78 Å². The zero-order valence-electron chi connectivity index (χ0n) is 9.67. The number of hydrogen-bond acceptors (Lipinski definition) is 3. The molecule has 0 aliphatic heterocycles. The van der Waals surface area contributed by atoms with Crippen molar-refractivity contribution < 1.29 is 9.21 Å². The van der Waals surface area contributed by atoms with Crippen LogP contribution in [-0.2, 0) is 0 Å². The van der Waals surface area contributed by atoms with Crippen molar-refractivity contribution >= 4 is 5.78 Å². The number of hydrogen-bond donors (Lipinski definition) is 0. The van der Waals surface area contributed by atoms with Crippen LogP contribution in [0.15, 0.2) is 53.1 Å². The Bertz CT molecular complexity index is 610. The summed E-state index contributed by atoms with van der Waals surface area (Å²) in [6.45, 7) is 0. The highest BCUT2D eigenvalue weighted by atomic mass is 16.3. The van der Waals surface area contributed by atoms with Crippen LogP contribution >= 0.6 is 0 Å². The molecule has 1 aliphatic rings. The molecule has 2 unspecified atom stereocenters. The minimum Gasteiger partial charge on any atom is -0.461 e. The first-order chi connectivity index (χ1) is 8.78. The number of ketones is 1. The van der Waals surface area contributed by atoms with Gasteiger partial charge in [-0.3, -0.25) is 4.79 Å². The second-order valence-corrected chi connectivity index (χ2v) is 4.56. The Morgan fingerprint density at radius 1 is 1.28 bits per heavy atom. The lowest BCUT2D eigenvalue weighted by molar-refractivity contribution is 0.0903. The maximum Gasteiger partial charge on any atom is 0.218 e. The second-order valence-electron chi connectivity index (χ2n) is 4.56. The van der Waals surface area contributed by atoms with Gasteiger partial charge in [0.15, 0.2) is 5.76 Å². The number of nitriles is 1. The van der Waals surface area contributed by atoms with Crippen LogP contribution in [0.1, 0.15) is 28.5 Å². The monoisotopic (exact) mass is 237 g/mol. The summed E-state index contributed by atoms with van der Waals surface area (Å²) in [6.07, 6.45) is 2.03. The molecule has 0 N–H and O–H groups in total. The van der Waals surface area contributed by atoms with Crippen LogP contribution in [0.4, 0.5) is 0 Å². The molecule has 0 saturated heterocycles. The molecule has 2 atom stereocenters. The topological polar surface area (TPSA) is 54.0 Å². The van der Waals surface area contributed by atoms with E-state index < -0.39 is 5.41 Å². The molecule has 1 aliphatic carbocycles. The molecular weight excluding hydrogens is 226 g/mol. The molecule has 3 heteroatoms. The van der Waals surface area contributed by atoms with E-state index >= 15 is 0 Å². The average molecular weight is 237 g/mol. The summed E-state index contributed by atoms with van der Waals surface area (Å²) in [5.74, 6) is 0.0557. The molecule has 0 amide bonds. The van der Waals surface area contributed by atoms with Crippen molar-refractivity contribution in [2.24, 2.45) is 5.41 Å². The summed E-state index contributed by atoms with van der Waals surface area (Å²) < 4.78 is 5.11. The summed E-state index contributed by atoms with van der Waals surface area (Å²) in [6, 6.07) is 15.1. The van der Waals surface area contributed by atoms with Crippen molar-refractivity contribution in [3.8, 4) is 6.07 Å². The van der Waals surface area contributed by atoms with Crippen molar-refractivity contribution in [2.75, 3.05) is 0 Å². The number of furan rings is 1. The van der Waals surface area contributed by atoms with Gasteiger partial charge in [0.1, 0.15) is 5.41 Å². The molecule has 1 aromatic heterocycles. The number of rotatable bonds is 3. The summed E-state index contributed by atoms with van der Waals surface area (Å²) in [7, 11) is 0. The van der Waals surface area contributed by atoms with Gasteiger partial charge in [0.25, 0.3) is 0 Å². The van der Waals surface area contributed by atoms with Gasteiger partial charge < -0.3 is 4.42 Å². The lowest BCUT2D eigenvalue weighted by Gasteiger charge is -2.05. The van der Waals surface area contributed by atoms with E-state index in [4.69, 9.17) is 4.42 Å². The quantitative estimate of drug-likeness (QED) is 0.770. The molecular formula is C15H11NO2. The van der Waals surface area contributed by atoms with E-state index in [1.165, 1.54) is 6.26 Å². The molecule has 18 heavy (non-hydrogen) atoms. The summed E-state index contributed by atoms with van der Waals surface area (Å²) in [5.41, 5.74) is 0.109. The lowest BCUT2D eigenvalue weighted by atomic mass is 9.94. The third-order valence-corrected chi connectivity index (χ3v) is 3.51. The highest BCUT2D eigenvalue weighted by Gasteiger charge is 2.62. The fourth-order valence-electron chi connectivity index (χ4n) is 2.40. The van der Waals surface area contributed by atoms with Crippen LogP contribution < -0.4 is 0 Å². The van der Waals surface area contributed by atoms with Gasteiger partial charge in [-0.15, -0.1) is 0 Å². The lowest BCUT2D eigenvalue weighted by Crippen LogP contribution is -2.15. The normalized spacial score (nSPS) is 25.4. The molecule has 0 spiro atoms. The Kier molecular flexibility index (Phi) is 2.31. The summed E-state index contributed by atoms with van der Waals surface area (Å²) in [4.78, 5) is 12.3. The Morgan fingerprint density at radius 2 is 2.06 bits per heavy atom. The van der Waals surface area contributed by atoms with Gasteiger partial charge in [0, 0.05) is 5.92 Å². The van der Waals surface area contributed by atoms with E-state index in [0.29, 0.717) is 6.42 Å². The highest BCUT2D eigenvalue weighted by Crippen LogP contribution is 2.60. The first kappa shape index (κ1) is 10.8. The number of carbonyl (C=O) groups is 1. The number of nitrogens with zero attached hydrogens (tertiary/aromatic N) is 1. The zero-order valence-corrected chi connectivity index (χ0v) is 9.67. The standard InChI is InChI=1S/C15H11NO2/c16-10-15(14(17)13-7-4-8-18-13)9-12(15)11-5-2-1-3-6-11/h1-8,12H,9H2. The van der Waals surface area contributed by atoms with Crippen molar-refractivity contribution in [2.45, 2.75) is 12.3 Å². The Morgan fingerprint density at radius 3 is 2.67 bits per heavy atom. The molecule has 1 aromatic carbocycles. The average Bonchev–Trinajstić information content (AvgIpc) is 2.93. The SMILES string of the molecule is N#CC1(C(=O)c2ccco2)CC1c1ccccc1. The van der Waals surface area contributed by atoms with E-state index in [1.807, 2.05) is 30.3 Å².